The Balaban J connectivity index is 2.16. The number of anilines is 1. The van der Waals surface area contributed by atoms with Crippen LogP contribution in [0.2, 0.25) is 0 Å². The summed E-state index contributed by atoms with van der Waals surface area (Å²) in [5, 5.41) is 19.4. The van der Waals surface area contributed by atoms with Crippen molar-refractivity contribution in [3.63, 3.8) is 0 Å². The Kier molecular flexibility index (Phi) is 3.17. The van der Waals surface area contributed by atoms with Crippen molar-refractivity contribution in [1.29, 1.82) is 0 Å². The number of hydrogen-bond donors (Lipinski definition) is 5. The molecule has 0 unspecified atom stereocenters. The van der Waals surface area contributed by atoms with Gasteiger partial charge in [0.2, 0.25) is 11.7 Å². The summed E-state index contributed by atoms with van der Waals surface area (Å²) < 4.78 is 8.59. The number of nitrogen functional groups attached to an aromatic ring is 1. The fourth-order valence-electron chi connectivity index (χ4n) is 2.61. The van der Waals surface area contributed by atoms with Crippen LogP contribution in [0, 0.1) is 0 Å². The van der Waals surface area contributed by atoms with Crippen LogP contribution in [0.4, 0.5) is 5.95 Å². The van der Waals surface area contributed by atoms with E-state index in [0.29, 0.717) is 5.52 Å². The molecule has 0 saturated carbocycles. The third-order valence-corrected chi connectivity index (χ3v) is 3.67. The molecule has 0 aromatic carbocycles. The van der Waals surface area contributed by atoms with Crippen LogP contribution in [0.5, 0.6) is 0 Å². The standard InChI is InChI=1S/C11H16N6O4/c1-16-3-17(8-6(16)9(20)15-11(13)14-8)10-7(19)5(12)4(2-18)21-10/h3-5,7,10,18-19H,2,12H2,1H3,(H2-,13,14,15,20)/p+1/t4-,5-,7-,10-/m1/s1. The van der Waals surface area contributed by atoms with E-state index in [1.165, 1.54) is 4.57 Å². The van der Waals surface area contributed by atoms with Crippen LogP contribution in [0.3, 0.4) is 0 Å². The molecule has 3 heterocycles. The van der Waals surface area contributed by atoms with E-state index in [0.717, 1.165) is 0 Å². The number of aromatic amines is 1. The van der Waals surface area contributed by atoms with E-state index in [9.17, 15) is 15.0 Å². The van der Waals surface area contributed by atoms with Crippen LogP contribution >= 0.6 is 0 Å². The maximum atomic E-state index is 11.9. The first kappa shape index (κ1) is 13.9. The molecule has 2 aromatic rings. The van der Waals surface area contributed by atoms with Crippen LogP contribution in [0.25, 0.3) is 11.2 Å². The first-order valence-electron chi connectivity index (χ1n) is 6.40. The maximum absolute atomic E-state index is 11.9. The molecule has 1 aliphatic heterocycles. The highest BCUT2D eigenvalue weighted by Gasteiger charge is 2.45. The third-order valence-electron chi connectivity index (χ3n) is 3.67. The van der Waals surface area contributed by atoms with Gasteiger partial charge in [-0.25, -0.2) is 4.57 Å². The van der Waals surface area contributed by atoms with Crippen LogP contribution < -0.4 is 21.6 Å². The fraction of sp³-hybridized carbons (Fsp3) is 0.545. The number of hydrogen-bond acceptors (Lipinski definition) is 7. The number of aromatic nitrogens is 4. The van der Waals surface area contributed by atoms with Crippen molar-refractivity contribution >= 4 is 17.1 Å². The van der Waals surface area contributed by atoms with Crippen LogP contribution in [-0.4, -0.2) is 49.6 Å². The summed E-state index contributed by atoms with van der Waals surface area (Å²) in [5.41, 5.74) is 11.5. The molecule has 114 valence electrons. The molecule has 0 aliphatic carbocycles. The summed E-state index contributed by atoms with van der Waals surface area (Å²) in [5.74, 6) is -0.0389. The SMILES string of the molecule is Cn1c[n+]([C@@H]2O[C@H](CO)[C@@H](N)[C@H]2O)c2nc(N)[nH]c(=O)c21. The molecule has 0 bridgehead atoms. The Morgan fingerprint density at radius 2 is 2.33 bits per heavy atom. The van der Waals surface area contributed by atoms with Gasteiger partial charge in [0.1, 0.15) is 12.2 Å². The number of ether oxygens (including phenoxy) is 1. The molecule has 0 amide bonds. The highest BCUT2D eigenvalue weighted by atomic mass is 16.5. The van der Waals surface area contributed by atoms with Gasteiger partial charge >= 0.3 is 5.65 Å². The minimum absolute atomic E-state index is 0.0389. The van der Waals surface area contributed by atoms with Crippen LogP contribution in [-0.2, 0) is 11.8 Å². The first-order chi connectivity index (χ1) is 9.93. The van der Waals surface area contributed by atoms with Crippen molar-refractivity contribution in [2.75, 3.05) is 12.3 Å². The van der Waals surface area contributed by atoms with Gasteiger partial charge in [-0.1, -0.05) is 4.98 Å². The Labute approximate surface area is 118 Å². The van der Waals surface area contributed by atoms with E-state index in [1.807, 2.05) is 0 Å². The molecule has 7 N–H and O–H groups in total. The minimum atomic E-state index is -1.04. The normalized spacial score (nSPS) is 29.3. The highest BCUT2D eigenvalue weighted by molar-refractivity contribution is 5.67. The number of nitrogens with one attached hydrogen (secondary N) is 1. The predicted molar refractivity (Wildman–Crippen MR) is 70.9 cm³/mol. The molecule has 1 saturated heterocycles. The van der Waals surface area contributed by atoms with Crippen molar-refractivity contribution < 1.29 is 19.5 Å². The van der Waals surface area contributed by atoms with Crippen LogP contribution in [0.15, 0.2) is 11.1 Å². The Morgan fingerprint density at radius 3 is 2.95 bits per heavy atom. The second kappa shape index (κ2) is 4.77. The molecule has 1 fully saturated rings. The van der Waals surface area contributed by atoms with E-state index in [1.54, 1.807) is 17.9 Å². The monoisotopic (exact) mass is 297 g/mol. The number of fused-ring (bicyclic) bond motifs is 1. The first-order valence-corrected chi connectivity index (χ1v) is 6.40. The number of aliphatic hydroxyl groups is 2. The zero-order valence-electron chi connectivity index (χ0n) is 11.3. The molecular weight excluding hydrogens is 280 g/mol. The molecule has 10 heteroatoms. The van der Waals surface area contributed by atoms with E-state index in [4.69, 9.17) is 16.2 Å². The van der Waals surface area contributed by atoms with Crippen molar-refractivity contribution in [2.24, 2.45) is 12.8 Å². The quantitative estimate of drug-likeness (QED) is 0.363. The average molecular weight is 297 g/mol. The molecule has 3 rings (SSSR count). The van der Waals surface area contributed by atoms with Gasteiger partial charge < -0.3 is 26.4 Å². The lowest BCUT2D eigenvalue weighted by Crippen LogP contribution is -2.48. The molecule has 4 atom stereocenters. The second-order valence-corrected chi connectivity index (χ2v) is 5.07. The summed E-state index contributed by atoms with van der Waals surface area (Å²) >= 11 is 0. The van der Waals surface area contributed by atoms with Gasteiger partial charge in [-0.05, 0) is 0 Å². The summed E-state index contributed by atoms with van der Waals surface area (Å²) in [6, 6.07) is -0.734. The van der Waals surface area contributed by atoms with Gasteiger partial charge in [0.05, 0.1) is 19.7 Å². The van der Waals surface area contributed by atoms with E-state index < -0.39 is 30.0 Å². The Hall–Kier alpha value is -2.01. The number of imidazole rings is 1. The maximum Gasteiger partial charge on any atom is 0.313 e. The van der Waals surface area contributed by atoms with Crippen molar-refractivity contribution in [2.45, 2.75) is 24.5 Å². The molecule has 0 spiro atoms. The zero-order chi connectivity index (χ0) is 15.3. The lowest BCUT2D eigenvalue weighted by molar-refractivity contribution is -0.745. The summed E-state index contributed by atoms with van der Waals surface area (Å²) in [6.07, 6.45) is -1.02. The molecule has 10 nitrogen and oxygen atoms in total. The lowest BCUT2D eigenvalue weighted by Gasteiger charge is -2.12. The summed E-state index contributed by atoms with van der Waals surface area (Å²) in [7, 11) is 1.66. The van der Waals surface area contributed by atoms with Crippen molar-refractivity contribution in [3.8, 4) is 0 Å². The average Bonchev–Trinajstić information content (AvgIpc) is 2.89. The number of aliphatic hydroxyl groups excluding tert-OH is 2. The zero-order valence-corrected chi connectivity index (χ0v) is 11.3. The minimum Gasteiger partial charge on any atom is -0.394 e. The van der Waals surface area contributed by atoms with Crippen LogP contribution in [0.1, 0.15) is 6.23 Å². The number of H-pyrrole nitrogens is 1. The van der Waals surface area contributed by atoms with Gasteiger partial charge in [0.15, 0.2) is 6.33 Å². The van der Waals surface area contributed by atoms with Crippen molar-refractivity contribution in [3.05, 3.63) is 16.7 Å². The number of rotatable bonds is 2. The van der Waals surface area contributed by atoms with E-state index in [-0.39, 0.29) is 18.2 Å². The molecular formula is C11H17N6O4+. The smallest absolute Gasteiger partial charge is 0.313 e. The summed E-state index contributed by atoms with van der Waals surface area (Å²) in [4.78, 5) is 18.4. The van der Waals surface area contributed by atoms with Gasteiger partial charge in [-0.15, -0.1) is 0 Å². The van der Waals surface area contributed by atoms with Gasteiger partial charge in [0, 0.05) is 0 Å². The highest BCUT2D eigenvalue weighted by Crippen LogP contribution is 2.24. The number of nitrogens with zero attached hydrogens (tertiary/aromatic N) is 3. The predicted octanol–water partition coefficient (Wildman–Crippen LogP) is -3.29. The Bertz CT molecular complexity index is 740. The number of aryl methyl sites for hydroxylation is 1. The van der Waals surface area contributed by atoms with Gasteiger partial charge in [-0.2, -0.15) is 0 Å². The van der Waals surface area contributed by atoms with Crippen molar-refractivity contribution in [1.82, 2.24) is 14.5 Å². The fourth-order valence-corrected chi connectivity index (χ4v) is 2.61. The molecule has 2 aromatic heterocycles. The van der Waals surface area contributed by atoms with E-state index >= 15 is 0 Å². The molecule has 0 radical (unpaired) electrons. The van der Waals surface area contributed by atoms with Gasteiger partial charge in [-0.3, -0.25) is 14.3 Å². The lowest BCUT2D eigenvalue weighted by atomic mass is 10.1. The largest absolute Gasteiger partial charge is 0.394 e. The molecule has 1 aliphatic rings. The summed E-state index contributed by atoms with van der Waals surface area (Å²) in [6.45, 7) is -0.309. The Morgan fingerprint density at radius 1 is 1.62 bits per heavy atom. The third kappa shape index (κ3) is 2.00. The number of nitrogens with two attached hydrogens (primary N) is 2. The second-order valence-electron chi connectivity index (χ2n) is 5.07. The van der Waals surface area contributed by atoms with E-state index in [2.05, 4.69) is 9.97 Å². The topological polar surface area (TPSA) is 156 Å². The molecule has 21 heavy (non-hydrogen) atoms. The van der Waals surface area contributed by atoms with Gasteiger partial charge in [0.25, 0.3) is 11.5 Å².